The monoisotopic (exact) mass is 369 g/mol. The summed E-state index contributed by atoms with van der Waals surface area (Å²) in [5, 5.41) is 11.9. The molecule has 26 heavy (non-hydrogen) atoms. The largest absolute Gasteiger partial charge is 0.497 e. The minimum absolute atomic E-state index is 0.104. The Bertz CT molecular complexity index is 890. The molecule has 6 nitrogen and oxygen atoms in total. The molecule has 1 fully saturated rings. The Labute approximate surface area is 155 Å². The number of halogens is 1. The van der Waals surface area contributed by atoms with Gasteiger partial charge >= 0.3 is 0 Å². The maximum Gasteiger partial charge on any atom is 0.229 e. The number of ether oxygens (including phenoxy) is 1. The van der Waals surface area contributed by atoms with Crippen LogP contribution in [-0.2, 0) is 9.59 Å². The third kappa shape index (κ3) is 3.63. The molecule has 132 valence electrons. The highest BCUT2D eigenvalue weighted by Crippen LogP contribution is 2.28. The zero-order chi connectivity index (χ0) is 18.7. The molecule has 1 saturated heterocycles. The smallest absolute Gasteiger partial charge is 0.229 e. The number of carbonyl (C=O) groups excluding carboxylic acids is 2. The van der Waals surface area contributed by atoms with Crippen LogP contribution in [0, 0.1) is 17.2 Å². The van der Waals surface area contributed by atoms with Gasteiger partial charge in [-0.15, -0.1) is 0 Å². The molecule has 1 heterocycles. The van der Waals surface area contributed by atoms with Crippen LogP contribution in [0.15, 0.2) is 42.5 Å². The standard InChI is InChI=1S/C19H16ClN3O3/c1-26-16-6-4-15(5-7-16)23-11-13(8-18(23)24)19(25)22-14-3-2-12(10-21)17(20)9-14/h2-7,9,13H,8,11H2,1H3,(H,22,25)/t13-/m1/s1. The SMILES string of the molecule is COc1ccc(N2C[C@H](C(=O)Nc3ccc(C#N)c(Cl)c3)CC2=O)cc1. The highest BCUT2D eigenvalue weighted by atomic mass is 35.5. The van der Waals surface area contributed by atoms with Gasteiger partial charge in [-0.2, -0.15) is 5.26 Å². The molecule has 0 saturated carbocycles. The van der Waals surface area contributed by atoms with E-state index in [0.717, 1.165) is 5.69 Å². The molecule has 2 aromatic rings. The number of carbonyl (C=O) groups is 2. The van der Waals surface area contributed by atoms with Crippen LogP contribution in [0.5, 0.6) is 5.75 Å². The lowest BCUT2D eigenvalue weighted by Gasteiger charge is -2.17. The summed E-state index contributed by atoms with van der Waals surface area (Å²) in [4.78, 5) is 26.4. The molecule has 2 amide bonds. The predicted molar refractivity (Wildman–Crippen MR) is 98.3 cm³/mol. The first-order valence-corrected chi connectivity index (χ1v) is 8.34. The summed E-state index contributed by atoms with van der Waals surface area (Å²) < 4.78 is 5.11. The van der Waals surface area contributed by atoms with E-state index in [-0.39, 0.29) is 23.3 Å². The second-order valence-electron chi connectivity index (χ2n) is 5.90. The Balaban J connectivity index is 1.68. The topological polar surface area (TPSA) is 82.4 Å². The molecule has 1 aliphatic rings. The van der Waals surface area contributed by atoms with Gasteiger partial charge in [-0.3, -0.25) is 9.59 Å². The summed E-state index contributed by atoms with van der Waals surface area (Å²) in [7, 11) is 1.58. The van der Waals surface area contributed by atoms with E-state index < -0.39 is 5.92 Å². The van der Waals surface area contributed by atoms with Crippen LogP contribution in [0.3, 0.4) is 0 Å². The first kappa shape index (κ1) is 17.8. The van der Waals surface area contributed by atoms with Crippen molar-refractivity contribution in [2.75, 3.05) is 23.9 Å². The molecule has 0 radical (unpaired) electrons. The number of nitrogens with one attached hydrogen (secondary N) is 1. The average Bonchev–Trinajstić information content (AvgIpc) is 3.04. The minimum Gasteiger partial charge on any atom is -0.497 e. The average molecular weight is 370 g/mol. The van der Waals surface area contributed by atoms with Gasteiger partial charge in [0, 0.05) is 24.3 Å². The second kappa shape index (κ2) is 7.46. The number of benzene rings is 2. The van der Waals surface area contributed by atoms with E-state index in [4.69, 9.17) is 21.6 Å². The number of rotatable bonds is 4. The molecule has 1 N–H and O–H groups in total. The van der Waals surface area contributed by atoms with Crippen molar-refractivity contribution in [1.29, 1.82) is 5.26 Å². The highest BCUT2D eigenvalue weighted by molar-refractivity contribution is 6.32. The molecule has 0 aliphatic carbocycles. The molecule has 0 spiro atoms. The fraction of sp³-hybridized carbons (Fsp3) is 0.211. The molecule has 2 aromatic carbocycles. The van der Waals surface area contributed by atoms with Crippen molar-refractivity contribution in [3.63, 3.8) is 0 Å². The minimum atomic E-state index is -0.459. The maximum absolute atomic E-state index is 12.5. The van der Waals surface area contributed by atoms with Crippen molar-refractivity contribution in [3.8, 4) is 11.8 Å². The molecule has 3 rings (SSSR count). The quantitative estimate of drug-likeness (QED) is 0.897. The van der Waals surface area contributed by atoms with Crippen LogP contribution in [0.2, 0.25) is 5.02 Å². The maximum atomic E-state index is 12.5. The summed E-state index contributed by atoms with van der Waals surface area (Å²) in [6.07, 6.45) is 0.141. The molecule has 0 unspecified atom stereocenters. The van der Waals surface area contributed by atoms with E-state index in [0.29, 0.717) is 23.5 Å². The van der Waals surface area contributed by atoms with Gasteiger partial charge in [-0.05, 0) is 42.5 Å². The van der Waals surface area contributed by atoms with Crippen LogP contribution >= 0.6 is 11.6 Å². The Hall–Kier alpha value is -3.04. The lowest BCUT2D eigenvalue weighted by molar-refractivity contribution is -0.122. The Morgan fingerprint density at radius 3 is 2.65 bits per heavy atom. The number of nitriles is 1. The van der Waals surface area contributed by atoms with Crippen molar-refractivity contribution < 1.29 is 14.3 Å². The number of hydrogen-bond acceptors (Lipinski definition) is 4. The number of methoxy groups -OCH3 is 1. The summed E-state index contributed by atoms with van der Waals surface area (Å²) in [5.74, 6) is -0.116. The number of nitrogens with zero attached hydrogens (tertiary/aromatic N) is 2. The number of amides is 2. The summed E-state index contributed by atoms with van der Waals surface area (Å²) >= 11 is 5.98. The summed E-state index contributed by atoms with van der Waals surface area (Å²) in [6, 6.07) is 13.8. The molecular formula is C19H16ClN3O3. The van der Waals surface area contributed by atoms with Crippen LogP contribution in [0.25, 0.3) is 0 Å². The first-order valence-electron chi connectivity index (χ1n) is 7.96. The van der Waals surface area contributed by atoms with E-state index in [1.807, 2.05) is 6.07 Å². The Kier molecular flexibility index (Phi) is 5.10. The van der Waals surface area contributed by atoms with E-state index in [1.165, 1.54) is 6.07 Å². The van der Waals surface area contributed by atoms with Crippen molar-refractivity contribution in [2.45, 2.75) is 6.42 Å². The van der Waals surface area contributed by atoms with Gasteiger partial charge in [-0.25, -0.2) is 0 Å². The van der Waals surface area contributed by atoms with Gasteiger partial charge in [0.15, 0.2) is 0 Å². The van der Waals surface area contributed by atoms with Gasteiger partial charge in [0.1, 0.15) is 11.8 Å². The highest BCUT2D eigenvalue weighted by Gasteiger charge is 2.35. The fourth-order valence-corrected chi connectivity index (χ4v) is 3.05. The molecular weight excluding hydrogens is 354 g/mol. The Morgan fingerprint density at radius 2 is 2.04 bits per heavy atom. The summed E-state index contributed by atoms with van der Waals surface area (Å²) in [6.45, 7) is 0.307. The first-order chi connectivity index (χ1) is 12.5. The Morgan fingerprint density at radius 1 is 1.31 bits per heavy atom. The van der Waals surface area contributed by atoms with Crippen molar-refractivity contribution >= 4 is 34.8 Å². The van der Waals surface area contributed by atoms with E-state index in [9.17, 15) is 9.59 Å². The third-order valence-corrected chi connectivity index (χ3v) is 4.55. The molecule has 0 bridgehead atoms. The number of hydrogen-bond donors (Lipinski definition) is 1. The lowest BCUT2D eigenvalue weighted by atomic mass is 10.1. The lowest BCUT2D eigenvalue weighted by Crippen LogP contribution is -2.28. The molecule has 7 heteroatoms. The van der Waals surface area contributed by atoms with Gasteiger partial charge in [0.2, 0.25) is 11.8 Å². The van der Waals surface area contributed by atoms with Crippen molar-refractivity contribution in [2.24, 2.45) is 5.92 Å². The van der Waals surface area contributed by atoms with E-state index in [1.54, 1.807) is 48.4 Å². The van der Waals surface area contributed by atoms with Crippen molar-refractivity contribution in [1.82, 2.24) is 0 Å². The van der Waals surface area contributed by atoms with Gasteiger partial charge in [-0.1, -0.05) is 11.6 Å². The fourth-order valence-electron chi connectivity index (χ4n) is 2.82. The van der Waals surface area contributed by atoms with Crippen molar-refractivity contribution in [3.05, 3.63) is 53.1 Å². The number of anilines is 2. The van der Waals surface area contributed by atoms with Crippen LogP contribution in [-0.4, -0.2) is 25.5 Å². The van der Waals surface area contributed by atoms with Crippen LogP contribution in [0.4, 0.5) is 11.4 Å². The molecule has 1 atom stereocenters. The van der Waals surface area contributed by atoms with E-state index >= 15 is 0 Å². The third-order valence-electron chi connectivity index (χ3n) is 4.24. The predicted octanol–water partition coefficient (Wildman–Crippen LogP) is 3.21. The van der Waals surface area contributed by atoms with Gasteiger partial charge in [0.05, 0.1) is 23.6 Å². The molecule has 1 aliphatic heterocycles. The van der Waals surface area contributed by atoms with Crippen LogP contribution < -0.4 is 15.0 Å². The zero-order valence-corrected chi connectivity index (χ0v) is 14.8. The van der Waals surface area contributed by atoms with E-state index in [2.05, 4.69) is 5.32 Å². The second-order valence-corrected chi connectivity index (χ2v) is 6.31. The normalized spacial score (nSPS) is 16.3. The van der Waals surface area contributed by atoms with Gasteiger partial charge in [0.25, 0.3) is 0 Å². The molecule has 0 aromatic heterocycles. The van der Waals surface area contributed by atoms with Crippen LogP contribution in [0.1, 0.15) is 12.0 Å². The zero-order valence-electron chi connectivity index (χ0n) is 14.0. The van der Waals surface area contributed by atoms with Gasteiger partial charge < -0.3 is 15.0 Å². The summed E-state index contributed by atoms with van der Waals surface area (Å²) in [5.41, 5.74) is 1.56.